The molecule has 0 radical (unpaired) electrons. The number of hydrogen-bond donors (Lipinski definition) is 2. The molecule has 0 saturated heterocycles. The summed E-state index contributed by atoms with van der Waals surface area (Å²) in [5.41, 5.74) is 5.52. The minimum Gasteiger partial charge on any atom is -0.381 e. The first-order chi connectivity index (χ1) is 8.84. The van der Waals surface area contributed by atoms with Crippen molar-refractivity contribution in [3.8, 4) is 0 Å². The van der Waals surface area contributed by atoms with Crippen molar-refractivity contribution in [3.63, 3.8) is 0 Å². The number of hydrogen-bond acceptors (Lipinski definition) is 6. The van der Waals surface area contributed by atoms with E-state index in [1.165, 1.54) is 10.9 Å². The van der Waals surface area contributed by atoms with Gasteiger partial charge in [0.1, 0.15) is 0 Å². The number of aryl methyl sites for hydroxylation is 1. The first-order valence-electron chi connectivity index (χ1n) is 5.83. The van der Waals surface area contributed by atoms with Crippen LogP contribution in [0.2, 0.25) is 0 Å². The molecule has 0 saturated carbocycles. The molecule has 0 aliphatic carbocycles. The van der Waals surface area contributed by atoms with Crippen LogP contribution in [0.15, 0.2) is 11.4 Å². The average Bonchev–Trinajstić information content (AvgIpc) is 2.63. The lowest BCUT2D eigenvalue weighted by molar-refractivity contribution is 0.122. The molecule has 1 heterocycles. The molecule has 0 aliphatic rings. The Labute approximate surface area is 113 Å². The Morgan fingerprint density at radius 3 is 2.68 bits per heavy atom. The number of nitrogens with zero attached hydrogens (tertiary/aromatic N) is 3. The maximum atomic E-state index is 12.0. The highest BCUT2D eigenvalue weighted by molar-refractivity contribution is 7.89. The molecular formula is C10H21N5O3S. The summed E-state index contributed by atoms with van der Waals surface area (Å²) >= 11 is 0. The fraction of sp³-hybridized carbons (Fsp3) is 0.700. The Hall–Kier alpha value is -1.16. The standard InChI is InChI=1S/C10H21N5O3S/c1-14(2)5-7-18-6-4-13-19(16,17)10-9(11)12-8-15(10)3/h8,13H,4-7,11H2,1-3H3. The molecule has 0 bridgehead atoms. The van der Waals surface area contributed by atoms with E-state index in [1.54, 1.807) is 7.05 Å². The fourth-order valence-electron chi connectivity index (χ4n) is 1.43. The Kier molecular flexibility index (Phi) is 5.73. The number of nitrogen functional groups attached to an aromatic ring is 1. The van der Waals surface area contributed by atoms with Gasteiger partial charge >= 0.3 is 0 Å². The normalized spacial score (nSPS) is 12.2. The van der Waals surface area contributed by atoms with Gasteiger partial charge in [-0.25, -0.2) is 18.1 Å². The molecule has 0 aliphatic heterocycles. The smallest absolute Gasteiger partial charge is 0.260 e. The number of likely N-dealkylation sites (N-methyl/N-ethyl adjacent to an activating group) is 1. The summed E-state index contributed by atoms with van der Waals surface area (Å²) in [4.78, 5) is 5.73. The number of aromatic nitrogens is 2. The number of nitrogens with two attached hydrogens (primary N) is 1. The van der Waals surface area contributed by atoms with E-state index < -0.39 is 10.0 Å². The molecule has 0 fully saturated rings. The van der Waals surface area contributed by atoms with Gasteiger partial charge in [0.15, 0.2) is 10.8 Å². The van der Waals surface area contributed by atoms with Gasteiger partial charge in [-0.3, -0.25) is 0 Å². The van der Waals surface area contributed by atoms with Crippen LogP contribution in [0.4, 0.5) is 5.82 Å². The first kappa shape index (κ1) is 15.9. The van der Waals surface area contributed by atoms with Crippen molar-refractivity contribution < 1.29 is 13.2 Å². The lowest BCUT2D eigenvalue weighted by Gasteiger charge is -2.11. The molecule has 0 aromatic carbocycles. The highest BCUT2D eigenvalue weighted by atomic mass is 32.2. The SMILES string of the molecule is CN(C)CCOCCNS(=O)(=O)c1c(N)ncn1C. The average molecular weight is 291 g/mol. The molecule has 1 rings (SSSR count). The summed E-state index contributed by atoms with van der Waals surface area (Å²) in [6, 6.07) is 0. The van der Waals surface area contributed by atoms with E-state index in [0.29, 0.717) is 13.2 Å². The van der Waals surface area contributed by atoms with Crippen LogP contribution in [0.3, 0.4) is 0 Å². The van der Waals surface area contributed by atoms with Crippen LogP contribution in [-0.4, -0.2) is 63.3 Å². The first-order valence-corrected chi connectivity index (χ1v) is 7.32. The summed E-state index contributed by atoms with van der Waals surface area (Å²) in [5, 5.41) is -0.0270. The van der Waals surface area contributed by atoms with E-state index >= 15 is 0 Å². The lowest BCUT2D eigenvalue weighted by atomic mass is 10.6. The second-order valence-corrected chi connectivity index (χ2v) is 6.04. The van der Waals surface area contributed by atoms with E-state index in [1.807, 2.05) is 19.0 Å². The van der Waals surface area contributed by atoms with Gasteiger partial charge < -0.3 is 19.9 Å². The summed E-state index contributed by atoms with van der Waals surface area (Å²) in [7, 11) is 1.81. The minimum atomic E-state index is -3.65. The Morgan fingerprint density at radius 1 is 1.47 bits per heavy atom. The fourth-order valence-corrected chi connectivity index (χ4v) is 2.67. The van der Waals surface area contributed by atoms with Crippen molar-refractivity contribution in [3.05, 3.63) is 6.33 Å². The van der Waals surface area contributed by atoms with Gasteiger partial charge in [0.2, 0.25) is 0 Å². The number of ether oxygens (including phenoxy) is 1. The van der Waals surface area contributed by atoms with E-state index in [-0.39, 0.29) is 17.4 Å². The van der Waals surface area contributed by atoms with Gasteiger partial charge in [0.05, 0.1) is 19.5 Å². The van der Waals surface area contributed by atoms with E-state index in [9.17, 15) is 8.42 Å². The van der Waals surface area contributed by atoms with Crippen LogP contribution in [0.1, 0.15) is 0 Å². The van der Waals surface area contributed by atoms with Gasteiger partial charge in [0, 0.05) is 20.1 Å². The van der Waals surface area contributed by atoms with Gasteiger partial charge in [-0.15, -0.1) is 0 Å². The zero-order valence-electron chi connectivity index (χ0n) is 11.5. The Bertz CT molecular complexity index is 478. The molecule has 0 atom stereocenters. The van der Waals surface area contributed by atoms with Crippen LogP contribution < -0.4 is 10.5 Å². The second kappa shape index (κ2) is 6.85. The van der Waals surface area contributed by atoms with Crippen LogP contribution in [0.25, 0.3) is 0 Å². The quantitative estimate of drug-likeness (QED) is 0.587. The van der Waals surface area contributed by atoms with Crippen molar-refractivity contribution in [2.24, 2.45) is 7.05 Å². The van der Waals surface area contributed by atoms with Gasteiger partial charge in [0.25, 0.3) is 10.0 Å². The van der Waals surface area contributed by atoms with Crippen LogP contribution in [0, 0.1) is 0 Å². The monoisotopic (exact) mass is 291 g/mol. The highest BCUT2D eigenvalue weighted by Crippen LogP contribution is 2.14. The number of imidazole rings is 1. The van der Waals surface area contributed by atoms with E-state index in [4.69, 9.17) is 10.5 Å². The third-order valence-electron chi connectivity index (χ3n) is 2.39. The summed E-state index contributed by atoms with van der Waals surface area (Å²) in [6.07, 6.45) is 1.36. The molecule has 1 aromatic heterocycles. The van der Waals surface area contributed by atoms with Crippen molar-refractivity contribution in [1.29, 1.82) is 0 Å². The van der Waals surface area contributed by atoms with Crippen LogP contribution in [-0.2, 0) is 21.8 Å². The zero-order valence-corrected chi connectivity index (χ0v) is 12.3. The third kappa shape index (κ3) is 4.78. The molecule has 8 nitrogen and oxygen atoms in total. The number of anilines is 1. The summed E-state index contributed by atoms with van der Waals surface area (Å²) in [6.45, 7) is 1.86. The number of sulfonamides is 1. The largest absolute Gasteiger partial charge is 0.381 e. The van der Waals surface area contributed by atoms with Crippen LogP contribution in [0.5, 0.6) is 0 Å². The second-order valence-electron chi connectivity index (χ2n) is 4.36. The zero-order chi connectivity index (χ0) is 14.5. The lowest BCUT2D eigenvalue weighted by Crippen LogP contribution is -2.30. The highest BCUT2D eigenvalue weighted by Gasteiger charge is 2.21. The molecule has 9 heteroatoms. The summed E-state index contributed by atoms with van der Waals surface area (Å²) < 4.78 is 33.0. The molecule has 110 valence electrons. The topological polar surface area (TPSA) is 102 Å². The molecule has 0 unspecified atom stereocenters. The maximum Gasteiger partial charge on any atom is 0.260 e. The Morgan fingerprint density at radius 2 is 2.16 bits per heavy atom. The molecule has 3 N–H and O–H groups in total. The predicted octanol–water partition coefficient (Wildman–Crippen LogP) is -1.14. The molecule has 19 heavy (non-hydrogen) atoms. The predicted molar refractivity (Wildman–Crippen MR) is 72.2 cm³/mol. The van der Waals surface area contributed by atoms with Crippen molar-refractivity contribution in [2.75, 3.05) is 46.1 Å². The number of nitrogens with one attached hydrogen (secondary N) is 1. The minimum absolute atomic E-state index is 0.0106. The van der Waals surface area contributed by atoms with Crippen molar-refractivity contribution in [1.82, 2.24) is 19.2 Å². The molecule has 1 aromatic rings. The number of rotatable bonds is 8. The molecule has 0 spiro atoms. The van der Waals surface area contributed by atoms with E-state index in [2.05, 4.69) is 9.71 Å². The Balaban J connectivity index is 2.40. The molecular weight excluding hydrogens is 270 g/mol. The van der Waals surface area contributed by atoms with Gasteiger partial charge in [-0.05, 0) is 14.1 Å². The molecule has 0 amide bonds. The van der Waals surface area contributed by atoms with Crippen LogP contribution >= 0.6 is 0 Å². The third-order valence-corrected chi connectivity index (χ3v) is 3.98. The van der Waals surface area contributed by atoms with Gasteiger partial charge in [-0.1, -0.05) is 0 Å². The van der Waals surface area contributed by atoms with Crippen molar-refractivity contribution >= 4 is 15.8 Å². The van der Waals surface area contributed by atoms with Gasteiger partial charge in [-0.2, -0.15) is 0 Å². The maximum absolute atomic E-state index is 12.0. The van der Waals surface area contributed by atoms with E-state index in [0.717, 1.165) is 6.54 Å². The summed E-state index contributed by atoms with van der Waals surface area (Å²) in [5.74, 6) is -0.0106. The van der Waals surface area contributed by atoms with Crippen molar-refractivity contribution in [2.45, 2.75) is 5.03 Å².